The van der Waals surface area contributed by atoms with Crippen molar-refractivity contribution in [2.24, 2.45) is 0 Å². The summed E-state index contributed by atoms with van der Waals surface area (Å²) in [5.41, 5.74) is 1.02. The molecule has 1 N–H and O–H groups in total. The fourth-order valence-corrected chi connectivity index (χ4v) is 3.35. The van der Waals surface area contributed by atoms with Gasteiger partial charge in [-0.25, -0.2) is 13.1 Å². The molecule has 0 saturated heterocycles. The molecule has 1 aromatic heterocycles. The molecule has 0 amide bonds. The van der Waals surface area contributed by atoms with Crippen LogP contribution < -0.4 is 4.72 Å². The second-order valence-electron chi connectivity index (χ2n) is 4.86. The smallest absolute Gasteiger partial charge is 0.212 e. The van der Waals surface area contributed by atoms with Crippen LogP contribution in [-0.2, 0) is 22.9 Å². The van der Waals surface area contributed by atoms with E-state index in [9.17, 15) is 8.42 Å². The van der Waals surface area contributed by atoms with Gasteiger partial charge in [-0.05, 0) is 31.0 Å². The lowest BCUT2D eigenvalue weighted by atomic mass is 10.2. The number of rotatable bonds is 7. The number of hydrogen-bond acceptors (Lipinski definition) is 3. The van der Waals surface area contributed by atoms with Crippen molar-refractivity contribution in [2.45, 2.75) is 25.8 Å². The Hall–Kier alpha value is -1.59. The van der Waals surface area contributed by atoms with E-state index in [2.05, 4.69) is 4.72 Å². The molecular formula is C15H19NO3S. The molecule has 1 atom stereocenters. The third-order valence-electron chi connectivity index (χ3n) is 2.97. The van der Waals surface area contributed by atoms with E-state index in [0.29, 0.717) is 12.8 Å². The molecule has 0 unspecified atom stereocenters. The van der Waals surface area contributed by atoms with Crippen LogP contribution in [0.2, 0.25) is 0 Å². The molecule has 0 fully saturated rings. The fourth-order valence-electron chi connectivity index (χ4n) is 2.03. The Labute approximate surface area is 119 Å². The van der Waals surface area contributed by atoms with E-state index in [1.807, 2.05) is 43.3 Å². The summed E-state index contributed by atoms with van der Waals surface area (Å²) in [5.74, 6) is 0.878. The highest BCUT2D eigenvalue weighted by molar-refractivity contribution is 7.89. The van der Waals surface area contributed by atoms with Crippen molar-refractivity contribution < 1.29 is 12.8 Å². The first-order valence-corrected chi connectivity index (χ1v) is 8.27. The fraction of sp³-hybridized carbons (Fsp3) is 0.333. The number of benzene rings is 1. The molecule has 0 bridgehead atoms. The maximum absolute atomic E-state index is 12.0. The first-order chi connectivity index (χ1) is 9.55. The van der Waals surface area contributed by atoms with Crippen molar-refractivity contribution in [3.8, 4) is 0 Å². The normalized spacial score (nSPS) is 13.2. The lowest BCUT2D eigenvalue weighted by Crippen LogP contribution is -2.36. The molecule has 0 radical (unpaired) electrons. The first kappa shape index (κ1) is 14.8. The maximum Gasteiger partial charge on any atom is 0.212 e. The molecule has 0 saturated carbocycles. The third-order valence-corrected chi connectivity index (χ3v) is 4.47. The van der Waals surface area contributed by atoms with Crippen LogP contribution in [-0.4, -0.2) is 20.2 Å². The van der Waals surface area contributed by atoms with Crippen LogP contribution in [0.3, 0.4) is 0 Å². The van der Waals surface area contributed by atoms with Crippen LogP contribution in [0.4, 0.5) is 0 Å². The summed E-state index contributed by atoms with van der Waals surface area (Å²) in [6.07, 6.45) is 2.66. The standard InChI is InChI=1S/C15H19NO3S/c1-13(12-15-8-5-10-19-15)16-20(17,18)11-9-14-6-3-2-4-7-14/h2-8,10,13,16H,9,11-12H2,1H3/t13-/m0/s1. The molecular weight excluding hydrogens is 274 g/mol. The van der Waals surface area contributed by atoms with Gasteiger partial charge in [-0.1, -0.05) is 30.3 Å². The minimum absolute atomic E-state index is 0.0967. The topological polar surface area (TPSA) is 59.3 Å². The monoisotopic (exact) mass is 293 g/mol. The van der Waals surface area contributed by atoms with Crippen molar-refractivity contribution in [3.63, 3.8) is 0 Å². The highest BCUT2D eigenvalue weighted by Gasteiger charge is 2.15. The Kier molecular flexibility index (Phi) is 4.98. The molecule has 20 heavy (non-hydrogen) atoms. The van der Waals surface area contributed by atoms with Gasteiger partial charge in [-0.3, -0.25) is 0 Å². The second-order valence-corrected chi connectivity index (χ2v) is 6.73. The molecule has 1 heterocycles. The van der Waals surface area contributed by atoms with Gasteiger partial charge in [0.2, 0.25) is 10.0 Å². The maximum atomic E-state index is 12.0. The van der Waals surface area contributed by atoms with Crippen molar-refractivity contribution in [1.29, 1.82) is 0 Å². The molecule has 0 aliphatic rings. The van der Waals surface area contributed by atoms with Crippen LogP contribution in [0, 0.1) is 0 Å². The summed E-state index contributed by atoms with van der Waals surface area (Å²) in [7, 11) is -3.27. The number of hydrogen-bond donors (Lipinski definition) is 1. The quantitative estimate of drug-likeness (QED) is 0.852. The highest BCUT2D eigenvalue weighted by Crippen LogP contribution is 2.06. The Morgan fingerprint density at radius 3 is 2.55 bits per heavy atom. The number of aryl methyl sites for hydroxylation is 1. The van der Waals surface area contributed by atoms with Gasteiger partial charge in [0, 0.05) is 12.5 Å². The molecule has 1 aromatic carbocycles. The predicted octanol–water partition coefficient (Wildman–Crippen LogP) is 2.37. The average molecular weight is 293 g/mol. The van der Waals surface area contributed by atoms with E-state index in [4.69, 9.17) is 4.42 Å². The SMILES string of the molecule is C[C@@H](Cc1ccco1)NS(=O)(=O)CCc1ccccc1. The van der Waals surface area contributed by atoms with Gasteiger partial charge in [0.1, 0.15) is 5.76 Å². The molecule has 2 aromatic rings. The van der Waals surface area contributed by atoms with E-state index in [1.54, 1.807) is 12.3 Å². The van der Waals surface area contributed by atoms with Gasteiger partial charge in [0.15, 0.2) is 0 Å². The molecule has 0 aliphatic carbocycles. The van der Waals surface area contributed by atoms with Crippen LogP contribution in [0.25, 0.3) is 0 Å². The van der Waals surface area contributed by atoms with Crippen LogP contribution in [0.5, 0.6) is 0 Å². The van der Waals surface area contributed by atoms with Crippen molar-refractivity contribution >= 4 is 10.0 Å². The summed E-state index contributed by atoms with van der Waals surface area (Å²) in [6.45, 7) is 1.84. The third kappa shape index (κ3) is 4.83. The first-order valence-electron chi connectivity index (χ1n) is 6.61. The minimum atomic E-state index is -3.27. The van der Waals surface area contributed by atoms with E-state index in [1.165, 1.54) is 0 Å². The molecule has 0 spiro atoms. The molecule has 4 nitrogen and oxygen atoms in total. The lowest BCUT2D eigenvalue weighted by molar-refractivity contribution is 0.479. The van der Waals surface area contributed by atoms with Gasteiger partial charge in [0.25, 0.3) is 0 Å². The van der Waals surface area contributed by atoms with E-state index in [0.717, 1.165) is 11.3 Å². The number of sulfonamides is 1. The second kappa shape index (κ2) is 6.72. The molecule has 2 rings (SSSR count). The van der Waals surface area contributed by atoms with Gasteiger partial charge in [-0.2, -0.15) is 0 Å². The zero-order valence-corrected chi connectivity index (χ0v) is 12.3. The Morgan fingerprint density at radius 2 is 1.90 bits per heavy atom. The lowest BCUT2D eigenvalue weighted by Gasteiger charge is -2.13. The van der Waals surface area contributed by atoms with Gasteiger partial charge in [-0.15, -0.1) is 0 Å². The molecule has 5 heteroatoms. The van der Waals surface area contributed by atoms with Gasteiger partial charge >= 0.3 is 0 Å². The van der Waals surface area contributed by atoms with Crippen LogP contribution >= 0.6 is 0 Å². The van der Waals surface area contributed by atoms with Gasteiger partial charge < -0.3 is 4.42 Å². The summed E-state index contributed by atoms with van der Waals surface area (Å²) in [6, 6.07) is 13.1. The molecule has 108 valence electrons. The summed E-state index contributed by atoms with van der Waals surface area (Å²) >= 11 is 0. The highest BCUT2D eigenvalue weighted by atomic mass is 32.2. The van der Waals surface area contributed by atoms with Crippen LogP contribution in [0.15, 0.2) is 53.1 Å². The number of nitrogens with one attached hydrogen (secondary N) is 1. The van der Waals surface area contributed by atoms with E-state index >= 15 is 0 Å². The Morgan fingerprint density at radius 1 is 1.15 bits per heavy atom. The minimum Gasteiger partial charge on any atom is -0.469 e. The van der Waals surface area contributed by atoms with E-state index < -0.39 is 10.0 Å². The summed E-state index contributed by atoms with van der Waals surface area (Å²) < 4.78 is 31.9. The number of furan rings is 1. The van der Waals surface area contributed by atoms with E-state index in [-0.39, 0.29) is 11.8 Å². The summed E-state index contributed by atoms with van der Waals surface area (Å²) in [5, 5.41) is 0. The summed E-state index contributed by atoms with van der Waals surface area (Å²) in [4.78, 5) is 0. The van der Waals surface area contributed by atoms with Crippen molar-refractivity contribution in [3.05, 3.63) is 60.1 Å². The zero-order chi connectivity index (χ0) is 14.4. The largest absolute Gasteiger partial charge is 0.469 e. The Bertz CT molecular complexity index is 606. The van der Waals surface area contributed by atoms with Crippen molar-refractivity contribution in [1.82, 2.24) is 4.72 Å². The molecule has 0 aliphatic heterocycles. The van der Waals surface area contributed by atoms with Crippen molar-refractivity contribution in [2.75, 3.05) is 5.75 Å². The van der Waals surface area contributed by atoms with Gasteiger partial charge in [0.05, 0.1) is 12.0 Å². The predicted molar refractivity (Wildman–Crippen MR) is 78.9 cm³/mol. The van der Waals surface area contributed by atoms with Crippen LogP contribution in [0.1, 0.15) is 18.2 Å². The average Bonchev–Trinajstić information content (AvgIpc) is 2.90. The Balaban J connectivity index is 1.84. The zero-order valence-electron chi connectivity index (χ0n) is 11.5.